The number of aryl methyl sites for hydroxylation is 1. The highest BCUT2D eigenvalue weighted by Gasteiger charge is 2.22. The topological polar surface area (TPSA) is 78.0 Å². The SMILES string of the molecule is Cc1ncc(C(N)=O)n1-c1ccc(Cl)cc1C(=O)c1ccccc1F. The largest absolute Gasteiger partial charge is 0.364 e. The van der Waals surface area contributed by atoms with Crippen molar-refractivity contribution in [3.63, 3.8) is 0 Å². The number of rotatable bonds is 4. The number of amides is 1. The van der Waals surface area contributed by atoms with Gasteiger partial charge in [0.25, 0.3) is 5.91 Å². The van der Waals surface area contributed by atoms with E-state index >= 15 is 0 Å². The zero-order chi connectivity index (χ0) is 18.1. The van der Waals surface area contributed by atoms with Crippen LogP contribution in [0.2, 0.25) is 5.02 Å². The minimum Gasteiger partial charge on any atom is -0.364 e. The van der Waals surface area contributed by atoms with Gasteiger partial charge in [-0.15, -0.1) is 0 Å². The summed E-state index contributed by atoms with van der Waals surface area (Å²) in [5.74, 6) is -1.44. The molecule has 0 bridgehead atoms. The molecular formula is C18H13ClFN3O2. The first-order chi connectivity index (χ1) is 11.9. The third-order valence-corrected chi connectivity index (χ3v) is 3.99. The van der Waals surface area contributed by atoms with E-state index < -0.39 is 17.5 Å². The van der Waals surface area contributed by atoms with Gasteiger partial charge in [0.2, 0.25) is 0 Å². The number of nitrogens with two attached hydrogens (primary N) is 1. The summed E-state index contributed by atoms with van der Waals surface area (Å²) in [7, 11) is 0. The van der Waals surface area contributed by atoms with Crippen LogP contribution in [0.4, 0.5) is 4.39 Å². The van der Waals surface area contributed by atoms with Crippen LogP contribution < -0.4 is 5.73 Å². The van der Waals surface area contributed by atoms with Gasteiger partial charge in [-0.2, -0.15) is 0 Å². The van der Waals surface area contributed by atoms with Crippen LogP contribution in [0.5, 0.6) is 0 Å². The van der Waals surface area contributed by atoms with Crippen molar-refractivity contribution in [3.8, 4) is 5.69 Å². The number of ketones is 1. The first kappa shape index (κ1) is 16.9. The lowest BCUT2D eigenvalue weighted by molar-refractivity contribution is 0.0990. The summed E-state index contributed by atoms with van der Waals surface area (Å²) >= 11 is 6.03. The second kappa shape index (κ2) is 6.49. The highest BCUT2D eigenvalue weighted by Crippen LogP contribution is 2.26. The summed E-state index contributed by atoms with van der Waals surface area (Å²) in [6, 6.07) is 10.2. The van der Waals surface area contributed by atoms with Gasteiger partial charge in [-0.3, -0.25) is 14.2 Å². The predicted octanol–water partition coefficient (Wildman–Crippen LogP) is 3.30. The summed E-state index contributed by atoms with van der Waals surface area (Å²) in [5, 5.41) is 0.307. The monoisotopic (exact) mass is 357 g/mol. The van der Waals surface area contributed by atoms with Crippen LogP contribution in [-0.4, -0.2) is 21.2 Å². The number of hydrogen-bond donors (Lipinski definition) is 1. The Morgan fingerprint density at radius 1 is 1.16 bits per heavy atom. The molecule has 0 saturated carbocycles. The summed E-state index contributed by atoms with van der Waals surface area (Å²) in [6.45, 7) is 1.67. The standard InChI is InChI=1S/C18H13ClFN3O2/c1-10-22-9-16(18(21)25)23(10)15-7-6-11(19)8-13(15)17(24)12-4-2-3-5-14(12)20/h2-9H,1H3,(H2,21,25). The Bertz CT molecular complexity index is 998. The molecule has 0 radical (unpaired) electrons. The van der Waals surface area contributed by atoms with E-state index in [0.717, 1.165) is 0 Å². The highest BCUT2D eigenvalue weighted by atomic mass is 35.5. The Morgan fingerprint density at radius 2 is 1.88 bits per heavy atom. The van der Waals surface area contributed by atoms with E-state index in [2.05, 4.69) is 4.98 Å². The van der Waals surface area contributed by atoms with Crippen LogP contribution in [0.1, 0.15) is 32.2 Å². The molecule has 0 atom stereocenters. The molecule has 5 nitrogen and oxygen atoms in total. The molecule has 1 aromatic heterocycles. The van der Waals surface area contributed by atoms with Crippen molar-refractivity contribution < 1.29 is 14.0 Å². The smallest absolute Gasteiger partial charge is 0.267 e. The van der Waals surface area contributed by atoms with Crippen LogP contribution in [0.3, 0.4) is 0 Å². The second-order valence-electron chi connectivity index (χ2n) is 5.36. The molecular weight excluding hydrogens is 345 g/mol. The molecule has 2 aromatic carbocycles. The minimum atomic E-state index is -0.695. The molecule has 126 valence electrons. The number of carbonyl (C=O) groups is 2. The van der Waals surface area contributed by atoms with Crippen molar-refractivity contribution in [3.05, 3.63) is 82.1 Å². The highest BCUT2D eigenvalue weighted by molar-refractivity contribution is 6.31. The van der Waals surface area contributed by atoms with E-state index in [-0.39, 0.29) is 16.8 Å². The summed E-state index contributed by atoms with van der Waals surface area (Å²) < 4.78 is 15.5. The molecule has 0 aliphatic rings. The van der Waals surface area contributed by atoms with E-state index in [1.807, 2.05) is 0 Å². The fraction of sp³-hybridized carbons (Fsp3) is 0.0556. The average Bonchev–Trinajstić information content (AvgIpc) is 2.96. The summed E-state index contributed by atoms with van der Waals surface area (Å²) in [6.07, 6.45) is 1.32. The van der Waals surface area contributed by atoms with Gasteiger partial charge in [0.15, 0.2) is 5.78 Å². The molecule has 25 heavy (non-hydrogen) atoms. The molecule has 0 fully saturated rings. The third kappa shape index (κ3) is 3.04. The fourth-order valence-electron chi connectivity index (χ4n) is 2.60. The summed E-state index contributed by atoms with van der Waals surface area (Å²) in [4.78, 5) is 28.6. The van der Waals surface area contributed by atoms with Crippen LogP contribution in [-0.2, 0) is 0 Å². The van der Waals surface area contributed by atoms with Gasteiger partial charge in [0.1, 0.15) is 17.3 Å². The molecule has 0 saturated heterocycles. The predicted molar refractivity (Wildman–Crippen MR) is 91.7 cm³/mol. The quantitative estimate of drug-likeness (QED) is 0.728. The van der Waals surface area contributed by atoms with E-state index in [4.69, 9.17) is 17.3 Å². The third-order valence-electron chi connectivity index (χ3n) is 3.75. The van der Waals surface area contributed by atoms with Gasteiger partial charge >= 0.3 is 0 Å². The number of carbonyl (C=O) groups excluding carboxylic acids is 2. The maximum Gasteiger partial charge on any atom is 0.267 e. The van der Waals surface area contributed by atoms with Gasteiger partial charge in [-0.25, -0.2) is 9.37 Å². The lowest BCUT2D eigenvalue weighted by Gasteiger charge is -2.14. The van der Waals surface area contributed by atoms with Crippen LogP contribution in [0.25, 0.3) is 5.69 Å². The number of aromatic nitrogens is 2. The Balaban J connectivity index is 2.25. The Hall–Kier alpha value is -2.99. The minimum absolute atomic E-state index is 0.0931. The van der Waals surface area contributed by atoms with Crippen LogP contribution >= 0.6 is 11.6 Å². The maximum atomic E-state index is 14.0. The van der Waals surface area contributed by atoms with Gasteiger partial charge in [0.05, 0.1) is 17.4 Å². The number of benzene rings is 2. The molecule has 1 heterocycles. The number of primary amides is 1. The Labute approximate surface area is 147 Å². The Kier molecular flexibility index (Phi) is 4.37. The number of nitrogens with zero attached hydrogens (tertiary/aromatic N) is 2. The molecule has 0 aliphatic carbocycles. The molecule has 3 aromatic rings. The first-order valence-electron chi connectivity index (χ1n) is 7.33. The van der Waals surface area contributed by atoms with E-state index in [1.54, 1.807) is 25.1 Å². The van der Waals surface area contributed by atoms with Crippen molar-refractivity contribution in [1.29, 1.82) is 0 Å². The number of imidazole rings is 1. The molecule has 0 unspecified atom stereocenters. The van der Waals surface area contributed by atoms with Crippen molar-refractivity contribution in [2.75, 3.05) is 0 Å². The van der Waals surface area contributed by atoms with Crippen molar-refractivity contribution in [2.24, 2.45) is 5.73 Å². The van der Waals surface area contributed by atoms with Crippen LogP contribution in [0.15, 0.2) is 48.7 Å². The van der Waals surface area contributed by atoms with E-state index in [1.165, 1.54) is 35.0 Å². The van der Waals surface area contributed by atoms with E-state index in [0.29, 0.717) is 16.5 Å². The molecule has 3 rings (SSSR count). The van der Waals surface area contributed by atoms with Crippen LogP contribution in [0, 0.1) is 12.7 Å². The zero-order valence-electron chi connectivity index (χ0n) is 13.2. The normalized spacial score (nSPS) is 10.7. The molecule has 2 N–H and O–H groups in total. The second-order valence-corrected chi connectivity index (χ2v) is 5.80. The number of hydrogen-bond acceptors (Lipinski definition) is 3. The molecule has 1 amide bonds. The van der Waals surface area contributed by atoms with Gasteiger partial charge in [-0.1, -0.05) is 23.7 Å². The maximum absolute atomic E-state index is 14.0. The van der Waals surface area contributed by atoms with Crippen molar-refractivity contribution in [1.82, 2.24) is 9.55 Å². The fourth-order valence-corrected chi connectivity index (χ4v) is 2.77. The lowest BCUT2D eigenvalue weighted by Crippen LogP contribution is -2.18. The van der Waals surface area contributed by atoms with Crippen molar-refractivity contribution >= 4 is 23.3 Å². The van der Waals surface area contributed by atoms with Gasteiger partial charge in [-0.05, 0) is 37.3 Å². The molecule has 0 spiro atoms. The molecule has 0 aliphatic heterocycles. The zero-order valence-corrected chi connectivity index (χ0v) is 13.9. The Morgan fingerprint density at radius 3 is 2.56 bits per heavy atom. The lowest BCUT2D eigenvalue weighted by atomic mass is 10.0. The summed E-state index contributed by atoms with van der Waals surface area (Å²) in [5.41, 5.74) is 5.89. The molecule has 7 heteroatoms. The van der Waals surface area contributed by atoms with E-state index in [9.17, 15) is 14.0 Å². The van der Waals surface area contributed by atoms with Gasteiger partial charge < -0.3 is 5.73 Å². The van der Waals surface area contributed by atoms with Crippen molar-refractivity contribution in [2.45, 2.75) is 6.92 Å². The van der Waals surface area contributed by atoms with Gasteiger partial charge in [0, 0.05) is 10.6 Å². The average molecular weight is 358 g/mol. The number of halogens is 2. The first-order valence-corrected chi connectivity index (χ1v) is 7.71.